The van der Waals surface area contributed by atoms with Crippen LogP contribution >= 0.6 is 0 Å². The molecule has 2 rings (SSSR count). The molecule has 0 spiro atoms. The Morgan fingerprint density at radius 1 is 1.48 bits per heavy atom. The summed E-state index contributed by atoms with van der Waals surface area (Å²) in [5.74, 6) is -0.611. The number of hydrogen-bond acceptors (Lipinski definition) is 4. The molecule has 5 nitrogen and oxygen atoms in total. The number of ether oxygens (including phenoxy) is 1. The van der Waals surface area contributed by atoms with Crippen molar-refractivity contribution >= 4 is 10.0 Å². The molecule has 1 aromatic carbocycles. The molecule has 0 aliphatic carbocycles. The van der Waals surface area contributed by atoms with E-state index >= 15 is 0 Å². The second-order valence-electron chi connectivity index (χ2n) is 5.33. The Morgan fingerprint density at radius 2 is 2.24 bits per heavy atom. The minimum Gasteiger partial charge on any atom is -0.381 e. The van der Waals surface area contributed by atoms with E-state index in [0.29, 0.717) is 19.8 Å². The Kier molecular flexibility index (Phi) is 5.32. The minimum absolute atomic E-state index is 0.128. The molecule has 118 valence electrons. The van der Waals surface area contributed by atoms with E-state index < -0.39 is 15.8 Å². The van der Waals surface area contributed by atoms with Crippen molar-refractivity contribution in [2.45, 2.75) is 30.8 Å². The largest absolute Gasteiger partial charge is 0.381 e. The molecule has 2 N–H and O–H groups in total. The van der Waals surface area contributed by atoms with E-state index in [4.69, 9.17) is 4.74 Å². The molecule has 0 aromatic heterocycles. The average Bonchev–Trinajstić information content (AvgIpc) is 2.94. The highest BCUT2D eigenvalue weighted by atomic mass is 32.2. The van der Waals surface area contributed by atoms with Crippen LogP contribution in [0.4, 0.5) is 4.39 Å². The first-order chi connectivity index (χ1) is 9.94. The molecule has 7 heteroatoms. The fourth-order valence-electron chi connectivity index (χ4n) is 2.42. The standard InChI is InChI=1S/C14H21FN2O3S/c1-10(12-5-6-20-9-12)17-21(18,19)14-7-11(8-16-2)3-4-13(14)15/h3-4,7,10,12,16-17H,5-6,8-9H2,1-2H3. The molecule has 2 unspecified atom stereocenters. The van der Waals surface area contributed by atoms with Gasteiger partial charge in [-0.1, -0.05) is 6.07 Å². The van der Waals surface area contributed by atoms with Crippen molar-refractivity contribution in [2.75, 3.05) is 20.3 Å². The summed E-state index contributed by atoms with van der Waals surface area (Å²) in [5, 5.41) is 2.91. The molecule has 1 aliphatic rings. The van der Waals surface area contributed by atoms with E-state index in [0.717, 1.165) is 12.0 Å². The predicted octanol–water partition coefficient (Wildman–Crippen LogP) is 1.25. The minimum atomic E-state index is -3.88. The molecule has 0 radical (unpaired) electrons. The molecule has 0 bridgehead atoms. The van der Waals surface area contributed by atoms with E-state index in [9.17, 15) is 12.8 Å². The van der Waals surface area contributed by atoms with E-state index in [1.807, 2.05) is 0 Å². The predicted molar refractivity (Wildman–Crippen MR) is 77.9 cm³/mol. The van der Waals surface area contributed by atoms with Crippen LogP contribution in [0.15, 0.2) is 23.1 Å². The van der Waals surface area contributed by atoms with Crippen LogP contribution in [0.25, 0.3) is 0 Å². The molecule has 1 heterocycles. The molecule has 1 fully saturated rings. The Morgan fingerprint density at radius 3 is 2.86 bits per heavy atom. The van der Waals surface area contributed by atoms with Crippen LogP contribution in [0, 0.1) is 11.7 Å². The van der Waals surface area contributed by atoms with Crippen LogP contribution in [0.1, 0.15) is 18.9 Å². The molecular weight excluding hydrogens is 295 g/mol. The second kappa shape index (κ2) is 6.83. The highest BCUT2D eigenvalue weighted by Crippen LogP contribution is 2.21. The Labute approximate surface area is 124 Å². The van der Waals surface area contributed by atoms with Crippen molar-refractivity contribution in [1.82, 2.24) is 10.0 Å². The summed E-state index contributed by atoms with van der Waals surface area (Å²) in [6, 6.07) is 3.83. The van der Waals surface area contributed by atoms with E-state index in [2.05, 4.69) is 10.0 Å². The van der Waals surface area contributed by atoms with E-state index in [-0.39, 0.29) is 16.9 Å². The van der Waals surface area contributed by atoms with Gasteiger partial charge in [-0.2, -0.15) is 0 Å². The fourth-order valence-corrected chi connectivity index (χ4v) is 3.86. The first-order valence-corrected chi connectivity index (χ1v) is 8.45. The van der Waals surface area contributed by atoms with Gasteiger partial charge in [0.2, 0.25) is 10.0 Å². The summed E-state index contributed by atoms with van der Waals surface area (Å²) in [7, 11) is -2.13. The van der Waals surface area contributed by atoms with Gasteiger partial charge < -0.3 is 10.1 Å². The van der Waals surface area contributed by atoms with E-state index in [1.54, 1.807) is 20.0 Å². The van der Waals surface area contributed by atoms with Gasteiger partial charge >= 0.3 is 0 Å². The summed E-state index contributed by atoms with van der Waals surface area (Å²) < 4.78 is 46.4. The lowest BCUT2D eigenvalue weighted by molar-refractivity contribution is 0.180. The monoisotopic (exact) mass is 316 g/mol. The summed E-state index contributed by atoms with van der Waals surface area (Å²) in [6.07, 6.45) is 0.811. The van der Waals surface area contributed by atoms with Crippen molar-refractivity contribution in [3.63, 3.8) is 0 Å². The molecule has 0 saturated carbocycles. The quantitative estimate of drug-likeness (QED) is 0.829. The maximum absolute atomic E-state index is 13.9. The summed E-state index contributed by atoms with van der Waals surface area (Å²) in [5.41, 5.74) is 0.719. The third-order valence-corrected chi connectivity index (χ3v) is 5.25. The van der Waals surface area contributed by atoms with Gasteiger partial charge in [0.25, 0.3) is 0 Å². The molecule has 1 saturated heterocycles. The highest BCUT2D eigenvalue weighted by Gasteiger charge is 2.28. The first-order valence-electron chi connectivity index (χ1n) is 6.97. The number of nitrogens with one attached hydrogen (secondary N) is 2. The third kappa shape index (κ3) is 4.00. The third-order valence-electron chi connectivity index (χ3n) is 3.68. The van der Waals surface area contributed by atoms with Gasteiger partial charge in [0.1, 0.15) is 10.7 Å². The molecule has 2 atom stereocenters. The number of halogens is 1. The number of benzene rings is 1. The van der Waals surface area contributed by atoms with Crippen molar-refractivity contribution < 1.29 is 17.5 Å². The van der Waals surface area contributed by atoms with Crippen LogP contribution in [0.3, 0.4) is 0 Å². The number of sulfonamides is 1. The Hall–Kier alpha value is -1.02. The van der Waals surface area contributed by atoms with Gasteiger partial charge in [0.15, 0.2) is 0 Å². The molecule has 1 aromatic rings. The lowest BCUT2D eigenvalue weighted by atomic mass is 10.0. The second-order valence-corrected chi connectivity index (χ2v) is 7.01. The van der Waals surface area contributed by atoms with E-state index in [1.165, 1.54) is 12.1 Å². The van der Waals surface area contributed by atoms with Crippen molar-refractivity contribution in [2.24, 2.45) is 5.92 Å². The fraction of sp³-hybridized carbons (Fsp3) is 0.571. The smallest absolute Gasteiger partial charge is 0.243 e. The zero-order chi connectivity index (χ0) is 15.5. The maximum atomic E-state index is 13.9. The Balaban J connectivity index is 2.19. The van der Waals surface area contributed by atoms with Crippen LogP contribution in [-0.2, 0) is 21.3 Å². The molecule has 1 aliphatic heterocycles. The van der Waals surface area contributed by atoms with Gasteiger partial charge in [-0.3, -0.25) is 0 Å². The van der Waals surface area contributed by atoms with Gasteiger partial charge in [-0.05, 0) is 38.1 Å². The lowest BCUT2D eigenvalue weighted by Crippen LogP contribution is -2.38. The molecule has 0 amide bonds. The van der Waals surface area contributed by atoms with Gasteiger partial charge in [-0.25, -0.2) is 17.5 Å². The van der Waals surface area contributed by atoms with Crippen LogP contribution in [0.5, 0.6) is 0 Å². The van der Waals surface area contributed by atoms with Gasteiger partial charge in [0, 0.05) is 25.1 Å². The summed E-state index contributed by atoms with van der Waals surface area (Å²) in [4.78, 5) is -0.305. The normalized spacial score (nSPS) is 20.6. The number of hydrogen-bond donors (Lipinski definition) is 2. The molecule has 21 heavy (non-hydrogen) atoms. The summed E-state index contributed by atoms with van der Waals surface area (Å²) in [6.45, 7) is 3.44. The van der Waals surface area contributed by atoms with Crippen LogP contribution < -0.4 is 10.0 Å². The zero-order valence-electron chi connectivity index (χ0n) is 12.2. The number of rotatable bonds is 6. The van der Waals surface area contributed by atoms with Crippen molar-refractivity contribution in [3.05, 3.63) is 29.6 Å². The molecular formula is C14H21FN2O3S. The summed E-state index contributed by atoms with van der Waals surface area (Å²) >= 11 is 0. The van der Waals surface area contributed by atoms with Gasteiger partial charge in [0.05, 0.1) is 6.61 Å². The van der Waals surface area contributed by atoms with Crippen LogP contribution in [-0.4, -0.2) is 34.7 Å². The first kappa shape index (κ1) is 16.4. The SMILES string of the molecule is CNCc1ccc(F)c(S(=O)(=O)NC(C)C2CCOC2)c1. The average molecular weight is 316 g/mol. The topological polar surface area (TPSA) is 67.4 Å². The Bertz CT molecular complexity index is 586. The zero-order valence-corrected chi connectivity index (χ0v) is 13.0. The highest BCUT2D eigenvalue weighted by molar-refractivity contribution is 7.89. The lowest BCUT2D eigenvalue weighted by Gasteiger charge is -2.19. The van der Waals surface area contributed by atoms with Crippen molar-refractivity contribution in [1.29, 1.82) is 0 Å². The maximum Gasteiger partial charge on any atom is 0.243 e. The van der Waals surface area contributed by atoms with Crippen LogP contribution in [0.2, 0.25) is 0 Å². The van der Waals surface area contributed by atoms with Crippen molar-refractivity contribution in [3.8, 4) is 0 Å². The van der Waals surface area contributed by atoms with Gasteiger partial charge in [-0.15, -0.1) is 0 Å².